The minimum Gasteiger partial charge on any atom is -0.380 e. The fraction of sp³-hybridized carbons (Fsp3) is 0.188. The van der Waals surface area contributed by atoms with E-state index >= 15 is 0 Å². The van der Waals surface area contributed by atoms with E-state index in [1.54, 1.807) is 6.07 Å². The number of halogens is 3. The molecular formula is C16H13F3N2. The van der Waals surface area contributed by atoms with Gasteiger partial charge in [0.1, 0.15) is 0 Å². The molecule has 0 amide bonds. The minimum absolute atomic E-state index is 0.0104. The molecule has 0 radical (unpaired) electrons. The monoisotopic (exact) mass is 290 g/mol. The molecule has 0 fully saturated rings. The normalized spacial score (nSPS) is 11.0. The van der Waals surface area contributed by atoms with Crippen LogP contribution in [-0.2, 0) is 12.7 Å². The number of benzene rings is 2. The fourth-order valence-electron chi connectivity index (χ4n) is 2.00. The second kappa shape index (κ2) is 5.88. The van der Waals surface area contributed by atoms with Crippen molar-refractivity contribution in [3.8, 4) is 6.07 Å². The maximum atomic E-state index is 13.0. The molecule has 5 heteroatoms. The number of anilines is 1. The first kappa shape index (κ1) is 14.9. The molecule has 21 heavy (non-hydrogen) atoms. The van der Waals surface area contributed by atoms with Crippen LogP contribution in [0.3, 0.4) is 0 Å². The maximum Gasteiger partial charge on any atom is 0.418 e. The molecule has 0 bridgehead atoms. The number of hydrogen-bond acceptors (Lipinski definition) is 2. The number of alkyl halides is 3. The molecule has 0 aliphatic carbocycles. The molecule has 0 spiro atoms. The molecule has 1 N–H and O–H groups in total. The van der Waals surface area contributed by atoms with Crippen LogP contribution in [0.5, 0.6) is 0 Å². The molecule has 0 unspecified atom stereocenters. The molecule has 2 rings (SSSR count). The Morgan fingerprint density at radius 1 is 1.14 bits per heavy atom. The summed E-state index contributed by atoms with van der Waals surface area (Å²) in [6.07, 6.45) is -4.50. The highest BCUT2D eigenvalue weighted by atomic mass is 19.4. The Labute approximate surface area is 120 Å². The van der Waals surface area contributed by atoms with E-state index in [9.17, 15) is 13.2 Å². The first-order chi connectivity index (χ1) is 9.91. The van der Waals surface area contributed by atoms with Gasteiger partial charge in [-0.15, -0.1) is 0 Å². The Bertz CT molecular complexity index is 685. The van der Waals surface area contributed by atoms with Gasteiger partial charge in [-0.25, -0.2) is 0 Å². The van der Waals surface area contributed by atoms with E-state index < -0.39 is 11.7 Å². The molecule has 0 heterocycles. The summed E-state index contributed by atoms with van der Waals surface area (Å²) in [6, 6.07) is 12.7. The second-order valence-electron chi connectivity index (χ2n) is 4.65. The number of rotatable bonds is 3. The van der Waals surface area contributed by atoms with Crippen molar-refractivity contribution in [1.29, 1.82) is 5.26 Å². The van der Waals surface area contributed by atoms with Gasteiger partial charge in [-0.05, 0) is 36.2 Å². The molecule has 108 valence electrons. The lowest BCUT2D eigenvalue weighted by Crippen LogP contribution is -2.11. The first-order valence-corrected chi connectivity index (χ1v) is 6.31. The van der Waals surface area contributed by atoms with Gasteiger partial charge in [0.25, 0.3) is 0 Å². The van der Waals surface area contributed by atoms with Crippen LogP contribution in [0.4, 0.5) is 18.9 Å². The van der Waals surface area contributed by atoms with Crippen LogP contribution in [0.15, 0.2) is 42.5 Å². The quantitative estimate of drug-likeness (QED) is 0.903. The molecular weight excluding hydrogens is 277 g/mol. The highest BCUT2D eigenvalue weighted by molar-refractivity contribution is 5.56. The van der Waals surface area contributed by atoms with Gasteiger partial charge >= 0.3 is 6.18 Å². The van der Waals surface area contributed by atoms with Crippen molar-refractivity contribution in [2.45, 2.75) is 19.6 Å². The molecule has 0 aromatic heterocycles. The summed E-state index contributed by atoms with van der Waals surface area (Å²) < 4.78 is 39.1. The SMILES string of the molecule is Cc1ccccc1CNc1ccc(C#N)cc1C(F)(F)F. The summed E-state index contributed by atoms with van der Waals surface area (Å²) in [7, 11) is 0. The first-order valence-electron chi connectivity index (χ1n) is 6.31. The van der Waals surface area contributed by atoms with Crippen molar-refractivity contribution < 1.29 is 13.2 Å². The topological polar surface area (TPSA) is 35.8 Å². The molecule has 0 atom stereocenters. The van der Waals surface area contributed by atoms with Crippen molar-refractivity contribution in [2.75, 3.05) is 5.32 Å². The zero-order chi connectivity index (χ0) is 15.5. The van der Waals surface area contributed by atoms with Gasteiger partial charge < -0.3 is 5.32 Å². The summed E-state index contributed by atoms with van der Waals surface area (Å²) in [4.78, 5) is 0. The molecule has 2 nitrogen and oxygen atoms in total. The van der Waals surface area contributed by atoms with Gasteiger partial charge in [0, 0.05) is 12.2 Å². The van der Waals surface area contributed by atoms with E-state index in [0.717, 1.165) is 17.2 Å². The third-order valence-electron chi connectivity index (χ3n) is 3.18. The minimum atomic E-state index is -4.50. The number of aryl methyl sites for hydroxylation is 1. The van der Waals surface area contributed by atoms with Crippen LogP contribution in [0.2, 0.25) is 0 Å². The van der Waals surface area contributed by atoms with Crippen molar-refractivity contribution >= 4 is 5.69 Å². The van der Waals surface area contributed by atoms with Crippen molar-refractivity contribution in [3.05, 3.63) is 64.7 Å². The number of hydrogen-bond donors (Lipinski definition) is 1. The number of nitrogens with zero attached hydrogens (tertiary/aromatic N) is 1. The van der Waals surface area contributed by atoms with Gasteiger partial charge in [-0.3, -0.25) is 0 Å². The highest BCUT2D eigenvalue weighted by Crippen LogP contribution is 2.35. The summed E-state index contributed by atoms with van der Waals surface area (Å²) in [6.45, 7) is 2.20. The predicted molar refractivity (Wildman–Crippen MR) is 74.7 cm³/mol. The Balaban J connectivity index is 2.28. The molecule has 0 saturated heterocycles. The zero-order valence-corrected chi connectivity index (χ0v) is 11.3. The number of nitrogens with one attached hydrogen (secondary N) is 1. The third-order valence-corrected chi connectivity index (χ3v) is 3.18. The highest BCUT2D eigenvalue weighted by Gasteiger charge is 2.33. The van der Waals surface area contributed by atoms with Crippen molar-refractivity contribution in [2.24, 2.45) is 0 Å². The number of nitriles is 1. The standard InChI is InChI=1S/C16H13F3N2/c1-11-4-2-3-5-13(11)10-21-15-7-6-12(9-20)8-14(15)16(17,18)19/h2-8,21H,10H2,1H3. The van der Waals surface area contributed by atoms with E-state index in [0.29, 0.717) is 6.54 Å². The van der Waals surface area contributed by atoms with Crippen LogP contribution >= 0.6 is 0 Å². The lowest BCUT2D eigenvalue weighted by molar-refractivity contribution is -0.137. The van der Waals surface area contributed by atoms with E-state index in [-0.39, 0.29) is 11.3 Å². The van der Waals surface area contributed by atoms with Crippen LogP contribution in [-0.4, -0.2) is 0 Å². The zero-order valence-electron chi connectivity index (χ0n) is 11.3. The van der Waals surface area contributed by atoms with Crippen LogP contribution < -0.4 is 5.32 Å². The van der Waals surface area contributed by atoms with Crippen molar-refractivity contribution in [3.63, 3.8) is 0 Å². The van der Waals surface area contributed by atoms with E-state index in [2.05, 4.69) is 5.32 Å². The molecule has 0 aliphatic heterocycles. The lowest BCUT2D eigenvalue weighted by Gasteiger charge is -2.15. The molecule has 2 aromatic carbocycles. The summed E-state index contributed by atoms with van der Waals surface area (Å²) in [5, 5.41) is 11.5. The van der Waals surface area contributed by atoms with E-state index in [1.807, 2.05) is 31.2 Å². The molecule has 0 saturated carbocycles. The fourth-order valence-corrected chi connectivity index (χ4v) is 2.00. The molecule has 2 aromatic rings. The van der Waals surface area contributed by atoms with Gasteiger partial charge in [-0.2, -0.15) is 18.4 Å². The van der Waals surface area contributed by atoms with Gasteiger partial charge in [0.2, 0.25) is 0 Å². The van der Waals surface area contributed by atoms with Crippen LogP contribution in [0, 0.1) is 18.3 Å². The largest absolute Gasteiger partial charge is 0.418 e. The third kappa shape index (κ3) is 3.54. The van der Waals surface area contributed by atoms with Gasteiger partial charge in [0.15, 0.2) is 0 Å². The lowest BCUT2D eigenvalue weighted by atomic mass is 10.1. The van der Waals surface area contributed by atoms with Crippen LogP contribution in [0.25, 0.3) is 0 Å². The van der Waals surface area contributed by atoms with Gasteiger partial charge in [-0.1, -0.05) is 24.3 Å². The Morgan fingerprint density at radius 3 is 2.48 bits per heavy atom. The Hall–Kier alpha value is -2.48. The van der Waals surface area contributed by atoms with E-state index in [1.165, 1.54) is 12.1 Å². The smallest absolute Gasteiger partial charge is 0.380 e. The Morgan fingerprint density at radius 2 is 1.86 bits per heavy atom. The summed E-state index contributed by atoms with van der Waals surface area (Å²) >= 11 is 0. The van der Waals surface area contributed by atoms with Gasteiger partial charge in [0.05, 0.1) is 17.2 Å². The summed E-state index contributed by atoms with van der Waals surface area (Å²) in [5.74, 6) is 0. The maximum absolute atomic E-state index is 13.0. The van der Waals surface area contributed by atoms with Crippen molar-refractivity contribution in [1.82, 2.24) is 0 Å². The Kier molecular flexibility index (Phi) is 4.18. The van der Waals surface area contributed by atoms with E-state index in [4.69, 9.17) is 5.26 Å². The average molecular weight is 290 g/mol. The van der Waals surface area contributed by atoms with Crippen LogP contribution in [0.1, 0.15) is 22.3 Å². The summed E-state index contributed by atoms with van der Waals surface area (Å²) in [5.41, 5.74) is 1.07. The average Bonchev–Trinajstić information content (AvgIpc) is 2.45. The second-order valence-corrected chi connectivity index (χ2v) is 4.65. The predicted octanol–water partition coefficient (Wildman–Crippen LogP) is 4.50. The molecule has 0 aliphatic rings.